The van der Waals surface area contributed by atoms with E-state index < -0.39 is 0 Å². The number of aromatic nitrogens is 3. The molecule has 0 aliphatic rings. The van der Waals surface area contributed by atoms with Crippen LogP contribution in [0.25, 0.3) is 11.5 Å². The first-order valence-electron chi connectivity index (χ1n) is 7.93. The standard InChI is InChI=1S/C17H18N4O3S/c1-3-4-9-23-13-7-5-12(6-8-13)15-19-14(16(22)24-15)10-18-17-21-20-11(2)25-17/h5-8,10,22H,3-4,9H2,1-2H3/b18-10+. The summed E-state index contributed by atoms with van der Waals surface area (Å²) in [6.07, 6.45) is 3.52. The minimum Gasteiger partial charge on any atom is -0.494 e. The van der Waals surface area contributed by atoms with Crippen molar-refractivity contribution in [1.82, 2.24) is 15.2 Å². The number of aliphatic imine (C=N–C) groups is 1. The van der Waals surface area contributed by atoms with E-state index in [4.69, 9.17) is 9.15 Å². The van der Waals surface area contributed by atoms with Crippen LogP contribution < -0.4 is 4.74 Å². The maximum Gasteiger partial charge on any atom is 0.312 e. The first-order valence-corrected chi connectivity index (χ1v) is 8.74. The Balaban J connectivity index is 1.72. The highest BCUT2D eigenvalue weighted by Gasteiger charge is 2.12. The van der Waals surface area contributed by atoms with Crippen molar-refractivity contribution in [2.45, 2.75) is 26.7 Å². The minimum atomic E-state index is -0.289. The van der Waals surface area contributed by atoms with Gasteiger partial charge in [0.15, 0.2) is 5.69 Å². The Morgan fingerprint density at radius 2 is 2.08 bits per heavy atom. The van der Waals surface area contributed by atoms with Gasteiger partial charge in [0.05, 0.1) is 12.8 Å². The average molecular weight is 358 g/mol. The number of hydrogen-bond acceptors (Lipinski definition) is 8. The lowest BCUT2D eigenvalue weighted by Gasteiger charge is -2.05. The summed E-state index contributed by atoms with van der Waals surface area (Å²) in [5.41, 5.74) is 0.982. The Morgan fingerprint density at radius 1 is 1.28 bits per heavy atom. The molecule has 0 bridgehead atoms. The summed E-state index contributed by atoms with van der Waals surface area (Å²) in [7, 11) is 0. The molecule has 2 aromatic heterocycles. The fourth-order valence-electron chi connectivity index (χ4n) is 2.01. The van der Waals surface area contributed by atoms with E-state index in [1.54, 1.807) is 0 Å². The highest BCUT2D eigenvalue weighted by atomic mass is 32.1. The van der Waals surface area contributed by atoms with E-state index >= 15 is 0 Å². The number of ether oxygens (including phenoxy) is 1. The smallest absolute Gasteiger partial charge is 0.312 e. The number of benzene rings is 1. The van der Waals surface area contributed by atoms with Gasteiger partial charge in [-0.25, -0.2) is 9.98 Å². The first-order chi connectivity index (χ1) is 12.2. The van der Waals surface area contributed by atoms with Crippen LogP contribution in [-0.4, -0.2) is 33.1 Å². The highest BCUT2D eigenvalue weighted by Crippen LogP contribution is 2.27. The largest absolute Gasteiger partial charge is 0.494 e. The van der Waals surface area contributed by atoms with Crippen molar-refractivity contribution in [3.63, 3.8) is 0 Å². The van der Waals surface area contributed by atoms with Crippen molar-refractivity contribution in [3.8, 4) is 23.1 Å². The summed E-state index contributed by atoms with van der Waals surface area (Å²) in [4.78, 5) is 8.40. The van der Waals surface area contributed by atoms with Crippen molar-refractivity contribution in [3.05, 3.63) is 35.0 Å². The van der Waals surface area contributed by atoms with Crippen LogP contribution in [-0.2, 0) is 0 Å². The molecule has 0 aliphatic carbocycles. The average Bonchev–Trinajstić information content (AvgIpc) is 3.19. The fourth-order valence-corrected chi connectivity index (χ4v) is 2.55. The van der Waals surface area contributed by atoms with Crippen LogP contribution in [0.1, 0.15) is 30.5 Å². The van der Waals surface area contributed by atoms with Gasteiger partial charge in [0.2, 0.25) is 11.0 Å². The van der Waals surface area contributed by atoms with Crippen LogP contribution in [0.5, 0.6) is 11.7 Å². The molecule has 0 spiro atoms. The molecule has 3 rings (SSSR count). The first kappa shape index (κ1) is 17.1. The van der Waals surface area contributed by atoms with Gasteiger partial charge in [-0.2, -0.15) is 0 Å². The fraction of sp³-hybridized carbons (Fsp3) is 0.294. The number of oxazole rings is 1. The zero-order valence-corrected chi connectivity index (χ0v) is 14.8. The van der Waals surface area contributed by atoms with Gasteiger partial charge >= 0.3 is 5.95 Å². The van der Waals surface area contributed by atoms with Gasteiger partial charge in [-0.05, 0) is 37.6 Å². The van der Waals surface area contributed by atoms with Crippen LogP contribution >= 0.6 is 11.3 Å². The van der Waals surface area contributed by atoms with Crippen LogP contribution in [0.3, 0.4) is 0 Å². The second-order valence-electron chi connectivity index (χ2n) is 5.30. The Morgan fingerprint density at radius 3 is 2.76 bits per heavy atom. The lowest BCUT2D eigenvalue weighted by molar-refractivity contribution is 0.309. The van der Waals surface area contributed by atoms with Crippen molar-refractivity contribution in [1.29, 1.82) is 0 Å². The van der Waals surface area contributed by atoms with E-state index in [2.05, 4.69) is 27.1 Å². The number of hydrogen-bond donors (Lipinski definition) is 1. The summed E-state index contributed by atoms with van der Waals surface area (Å²) < 4.78 is 10.9. The van der Waals surface area contributed by atoms with E-state index in [9.17, 15) is 5.11 Å². The summed E-state index contributed by atoms with van der Waals surface area (Å²) in [6.45, 7) is 4.66. The predicted molar refractivity (Wildman–Crippen MR) is 95.9 cm³/mol. The van der Waals surface area contributed by atoms with Gasteiger partial charge < -0.3 is 14.3 Å². The molecule has 2 heterocycles. The van der Waals surface area contributed by atoms with Crippen molar-refractivity contribution >= 4 is 22.7 Å². The monoisotopic (exact) mass is 358 g/mol. The molecular weight excluding hydrogens is 340 g/mol. The quantitative estimate of drug-likeness (QED) is 0.504. The molecule has 0 saturated carbocycles. The SMILES string of the molecule is CCCCOc1ccc(-c2nc(/C=N/c3nnc(C)s3)c(O)o2)cc1. The van der Waals surface area contributed by atoms with Gasteiger partial charge in [-0.1, -0.05) is 24.7 Å². The van der Waals surface area contributed by atoms with Crippen LogP contribution in [0.4, 0.5) is 5.13 Å². The number of nitrogens with zero attached hydrogens (tertiary/aromatic N) is 4. The van der Waals surface area contributed by atoms with Crippen LogP contribution in [0.2, 0.25) is 0 Å². The summed E-state index contributed by atoms with van der Waals surface area (Å²) in [6, 6.07) is 7.37. The maximum atomic E-state index is 9.90. The van der Waals surface area contributed by atoms with Crippen molar-refractivity contribution in [2.24, 2.45) is 4.99 Å². The molecular formula is C17H18N4O3S. The third kappa shape index (κ3) is 4.42. The molecule has 7 nitrogen and oxygen atoms in total. The van der Waals surface area contributed by atoms with Gasteiger partial charge in [0.25, 0.3) is 0 Å². The highest BCUT2D eigenvalue weighted by molar-refractivity contribution is 7.14. The molecule has 0 fully saturated rings. The molecule has 130 valence electrons. The minimum absolute atomic E-state index is 0.242. The van der Waals surface area contributed by atoms with Crippen molar-refractivity contribution < 1.29 is 14.3 Å². The molecule has 8 heteroatoms. The Hall–Kier alpha value is -2.74. The van der Waals surface area contributed by atoms with Crippen LogP contribution in [0.15, 0.2) is 33.7 Å². The van der Waals surface area contributed by atoms with E-state index in [1.807, 2.05) is 31.2 Å². The zero-order chi connectivity index (χ0) is 17.6. The second kappa shape index (κ2) is 7.89. The summed E-state index contributed by atoms with van der Waals surface area (Å²) in [5.74, 6) is 0.817. The lowest BCUT2D eigenvalue weighted by atomic mass is 10.2. The summed E-state index contributed by atoms with van der Waals surface area (Å²) in [5, 5.41) is 19.0. The molecule has 0 aliphatic heterocycles. The molecule has 0 atom stereocenters. The van der Waals surface area contributed by atoms with Gasteiger partial charge in [0.1, 0.15) is 10.8 Å². The Labute approximate surface area is 149 Å². The van der Waals surface area contributed by atoms with Crippen LogP contribution in [0, 0.1) is 6.92 Å². The number of aromatic hydroxyl groups is 1. The molecule has 25 heavy (non-hydrogen) atoms. The number of aryl methyl sites for hydroxylation is 1. The maximum absolute atomic E-state index is 9.90. The lowest BCUT2D eigenvalue weighted by Crippen LogP contribution is -1.95. The zero-order valence-electron chi connectivity index (χ0n) is 14.0. The third-order valence-corrected chi connectivity index (χ3v) is 4.06. The van der Waals surface area contributed by atoms with Gasteiger partial charge in [-0.3, -0.25) is 0 Å². The van der Waals surface area contributed by atoms with E-state index in [1.165, 1.54) is 17.6 Å². The number of rotatable bonds is 7. The molecule has 1 aromatic carbocycles. The molecule has 0 amide bonds. The third-order valence-electron chi connectivity index (χ3n) is 3.31. The molecule has 0 saturated heterocycles. The molecule has 0 radical (unpaired) electrons. The van der Waals surface area contributed by atoms with Gasteiger partial charge in [-0.15, -0.1) is 10.2 Å². The topological polar surface area (TPSA) is 93.6 Å². The Bertz CT molecular complexity index is 855. The van der Waals surface area contributed by atoms with E-state index in [-0.39, 0.29) is 11.6 Å². The van der Waals surface area contributed by atoms with E-state index in [0.29, 0.717) is 17.6 Å². The number of unbranched alkanes of at least 4 members (excludes halogenated alkanes) is 1. The Kier molecular flexibility index (Phi) is 5.39. The molecule has 0 unspecified atom stereocenters. The second-order valence-corrected chi connectivity index (χ2v) is 6.46. The van der Waals surface area contributed by atoms with Gasteiger partial charge in [0, 0.05) is 5.56 Å². The normalized spacial score (nSPS) is 11.3. The summed E-state index contributed by atoms with van der Waals surface area (Å²) >= 11 is 1.35. The molecule has 1 N–H and O–H groups in total. The van der Waals surface area contributed by atoms with E-state index in [0.717, 1.165) is 29.2 Å². The van der Waals surface area contributed by atoms with Crippen molar-refractivity contribution in [2.75, 3.05) is 6.61 Å². The predicted octanol–water partition coefficient (Wildman–Crippen LogP) is 4.14. The molecule has 3 aromatic rings.